The summed E-state index contributed by atoms with van der Waals surface area (Å²) in [6.45, 7) is 1.01. The van der Waals surface area contributed by atoms with Crippen molar-refractivity contribution in [1.82, 2.24) is 15.2 Å². The average molecular weight is 302 g/mol. The van der Waals surface area contributed by atoms with Crippen LogP contribution in [-0.2, 0) is 16.1 Å². The number of amides is 2. The first-order valence-corrected chi connectivity index (χ1v) is 7.74. The quantitative estimate of drug-likeness (QED) is 0.873. The lowest BCUT2D eigenvalue weighted by Crippen LogP contribution is -2.33. The summed E-state index contributed by atoms with van der Waals surface area (Å²) in [7, 11) is 3.85. The predicted molar refractivity (Wildman–Crippen MR) is 83.3 cm³/mol. The minimum atomic E-state index is -0.215. The summed E-state index contributed by atoms with van der Waals surface area (Å²) in [5, 5.41) is 2.95. The van der Waals surface area contributed by atoms with Gasteiger partial charge in [-0.1, -0.05) is 6.07 Å². The smallest absolute Gasteiger partial charge is 0.225 e. The molecular weight excluding hydrogens is 280 g/mol. The van der Waals surface area contributed by atoms with E-state index in [2.05, 4.69) is 10.3 Å². The summed E-state index contributed by atoms with van der Waals surface area (Å²) >= 11 is 0. The topological polar surface area (TPSA) is 65.5 Å². The van der Waals surface area contributed by atoms with Crippen molar-refractivity contribution in [1.29, 1.82) is 0 Å². The standard InChI is InChI=1S/C16H22N4O2/c1-19(2)15-11(4-3-7-17-15)9-18-16(22)12-8-14(21)20(10-12)13-5-6-13/h3-4,7,12-13H,5-6,8-10H2,1-2H3,(H,18,22)/t12-/m0/s1. The Bertz CT molecular complexity index is 583. The zero-order valence-corrected chi connectivity index (χ0v) is 13.1. The third-order valence-corrected chi connectivity index (χ3v) is 4.26. The van der Waals surface area contributed by atoms with Crippen molar-refractivity contribution in [3.05, 3.63) is 23.9 Å². The molecule has 2 heterocycles. The van der Waals surface area contributed by atoms with Crippen molar-refractivity contribution in [2.75, 3.05) is 25.5 Å². The first-order chi connectivity index (χ1) is 10.6. The second kappa shape index (κ2) is 5.94. The van der Waals surface area contributed by atoms with Gasteiger partial charge in [0, 0.05) is 51.4 Å². The molecule has 118 valence electrons. The molecule has 0 bridgehead atoms. The Labute approximate surface area is 130 Å². The molecule has 1 aromatic heterocycles. The number of hydrogen-bond acceptors (Lipinski definition) is 4. The fourth-order valence-corrected chi connectivity index (χ4v) is 2.94. The van der Waals surface area contributed by atoms with Crippen molar-refractivity contribution in [3.63, 3.8) is 0 Å². The molecule has 0 spiro atoms. The summed E-state index contributed by atoms with van der Waals surface area (Å²) in [5.41, 5.74) is 0.976. The van der Waals surface area contributed by atoms with Gasteiger partial charge in [-0.05, 0) is 18.9 Å². The van der Waals surface area contributed by atoms with Crippen LogP contribution in [0.5, 0.6) is 0 Å². The fourth-order valence-electron chi connectivity index (χ4n) is 2.94. The zero-order chi connectivity index (χ0) is 15.7. The number of aromatic nitrogens is 1. The van der Waals surface area contributed by atoms with E-state index in [4.69, 9.17) is 0 Å². The van der Waals surface area contributed by atoms with Gasteiger partial charge in [0.15, 0.2) is 0 Å². The summed E-state index contributed by atoms with van der Waals surface area (Å²) < 4.78 is 0. The maximum absolute atomic E-state index is 12.3. The van der Waals surface area contributed by atoms with Crippen LogP contribution < -0.4 is 10.2 Å². The second-order valence-electron chi connectivity index (χ2n) is 6.28. The van der Waals surface area contributed by atoms with Crippen molar-refractivity contribution in [2.24, 2.45) is 5.92 Å². The average Bonchev–Trinajstić information content (AvgIpc) is 3.27. The van der Waals surface area contributed by atoms with Crippen LogP contribution in [0.4, 0.5) is 5.82 Å². The second-order valence-corrected chi connectivity index (χ2v) is 6.28. The van der Waals surface area contributed by atoms with Crippen LogP contribution in [0.2, 0.25) is 0 Å². The minimum absolute atomic E-state index is 0.0370. The molecule has 1 aliphatic heterocycles. The zero-order valence-electron chi connectivity index (χ0n) is 13.1. The molecule has 1 saturated heterocycles. The summed E-state index contributed by atoms with van der Waals surface area (Å²) in [4.78, 5) is 32.3. The number of likely N-dealkylation sites (tertiary alicyclic amines) is 1. The summed E-state index contributed by atoms with van der Waals surface area (Å²) in [5.74, 6) is 0.723. The number of anilines is 1. The van der Waals surface area contributed by atoms with Crippen LogP contribution in [0.1, 0.15) is 24.8 Å². The Hall–Kier alpha value is -2.11. The maximum atomic E-state index is 12.3. The van der Waals surface area contributed by atoms with Crippen molar-refractivity contribution in [3.8, 4) is 0 Å². The number of pyridine rings is 1. The van der Waals surface area contributed by atoms with E-state index in [-0.39, 0.29) is 17.7 Å². The molecule has 6 nitrogen and oxygen atoms in total. The molecule has 0 radical (unpaired) electrons. The Morgan fingerprint density at radius 1 is 1.45 bits per heavy atom. The van der Waals surface area contributed by atoms with E-state index in [0.717, 1.165) is 24.2 Å². The molecule has 6 heteroatoms. The van der Waals surface area contributed by atoms with Gasteiger partial charge < -0.3 is 15.1 Å². The minimum Gasteiger partial charge on any atom is -0.362 e. The Balaban J connectivity index is 1.58. The number of carbonyl (C=O) groups excluding carboxylic acids is 2. The lowest BCUT2D eigenvalue weighted by atomic mass is 10.1. The third-order valence-electron chi connectivity index (χ3n) is 4.26. The highest BCUT2D eigenvalue weighted by Gasteiger charge is 2.41. The van der Waals surface area contributed by atoms with Gasteiger partial charge in [0.25, 0.3) is 0 Å². The van der Waals surface area contributed by atoms with Gasteiger partial charge in [-0.25, -0.2) is 4.98 Å². The number of nitrogens with zero attached hydrogens (tertiary/aromatic N) is 3. The van der Waals surface area contributed by atoms with Crippen LogP contribution in [0, 0.1) is 5.92 Å². The highest BCUT2D eigenvalue weighted by atomic mass is 16.2. The number of rotatable bonds is 5. The summed E-state index contributed by atoms with van der Waals surface area (Å²) in [6, 6.07) is 4.21. The van der Waals surface area contributed by atoms with Crippen LogP contribution in [0.25, 0.3) is 0 Å². The number of hydrogen-bond donors (Lipinski definition) is 1. The molecule has 3 rings (SSSR count). The van der Waals surface area contributed by atoms with Gasteiger partial charge in [0.05, 0.1) is 5.92 Å². The predicted octanol–water partition coefficient (Wildman–Crippen LogP) is 0.775. The van der Waals surface area contributed by atoms with E-state index < -0.39 is 0 Å². The van der Waals surface area contributed by atoms with E-state index in [1.807, 2.05) is 36.0 Å². The summed E-state index contributed by atoms with van der Waals surface area (Å²) in [6.07, 6.45) is 4.25. The van der Waals surface area contributed by atoms with E-state index >= 15 is 0 Å². The highest BCUT2D eigenvalue weighted by Crippen LogP contribution is 2.32. The first-order valence-electron chi connectivity index (χ1n) is 7.74. The molecule has 1 N–H and O–H groups in total. The van der Waals surface area contributed by atoms with Crippen molar-refractivity contribution in [2.45, 2.75) is 31.8 Å². The molecule has 1 saturated carbocycles. The highest BCUT2D eigenvalue weighted by molar-refractivity contribution is 5.89. The van der Waals surface area contributed by atoms with Crippen LogP contribution in [0.3, 0.4) is 0 Å². The molecule has 0 aromatic carbocycles. The molecule has 22 heavy (non-hydrogen) atoms. The SMILES string of the molecule is CN(C)c1ncccc1CNC(=O)[C@H]1CC(=O)N(C2CC2)C1. The molecular formula is C16H22N4O2. The largest absolute Gasteiger partial charge is 0.362 e. The van der Waals surface area contributed by atoms with Crippen LogP contribution in [0.15, 0.2) is 18.3 Å². The van der Waals surface area contributed by atoms with Gasteiger partial charge in [0.2, 0.25) is 11.8 Å². The maximum Gasteiger partial charge on any atom is 0.225 e. The molecule has 2 aliphatic rings. The Kier molecular flexibility index (Phi) is 4.00. The van der Waals surface area contributed by atoms with E-state index in [1.165, 1.54) is 0 Å². The molecule has 2 amide bonds. The van der Waals surface area contributed by atoms with E-state index in [9.17, 15) is 9.59 Å². The van der Waals surface area contributed by atoms with Crippen LogP contribution >= 0.6 is 0 Å². The van der Waals surface area contributed by atoms with Gasteiger partial charge in [-0.15, -0.1) is 0 Å². The van der Waals surface area contributed by atoms with Crippen molar-refractivity contribution >= 4 is 17.6 Å². The number of nitrogens with one attached hydrogen (secondary N) is 1. The fraction of sp³-hybridized carbons (Fsp3) is 0.562. The number of carbonyl (C=O) groups is 2. The van der Waals surface area contributed by atoms with E-state index in [0.29, 0.717) is 25.6 Å². The molecule has 0 unspecified atom stereocenters. The Morgan fingerprint density at radius 2 is 2.23 bits per heavy atom. The third kappa shape index (κ3) is 3.05. The van der Waals surface area contributed by atoms with Gasteiger partial charge in [-0.3, -0.25) is 9.59 Å². The molecule has 1 atom stereocenters. The van der Waals surface area contributed by atoms with Gasteiger partial charge in [0.1, 0.15) is 5.82 Å². The lowest BCUT2D eigenvalue weighted by molar-refractivity contribution is -0.129. The molecule has 2 fully saturated rings. The first kappa shape index (κ1) is 14.8. The van der Waals surface area contributed by atoms with Crippen molar-refractivity contribution < 1.29 is 9.59 Å². The van der Waals surface area contributed by atoms with Gasteiger partial charge >= 0.3 is 0 Å². The monoisotopic (exact) mass is 302 g/mol. The Morgan fingerprint density at radius 3 is 2.91 bits per heavy atom. The normalized spacial score (nSPS) is 21.1. The molecule has 1 aliphatic carbocycles. The van der Waals surface area contributed by atoms with E-state index in [1.54, 1.807) is 6.20 Å². The van der Waals surface area contributed by atoms with Gasteiger partial charge in [-0.2, -0.15) is 0 Å². The lowest BCUT2D eigenvalue weighted by Gasteiger charge is -2.17. The van der Waals surface area contributed by atoms with Crippen LogP contribution in [-0.4, -0.2) is 48.4 Å². The molecule has 1 aromatic rings.